The second-order valence-electron chi connectivity index (χ2n) is 3.38. The first kappa shape index (κ1) is 10.4. The van der Waals surface area contributed by atoms with Gasteiger partial charge in [0.05, 0.1) is 11.3 Å². The smallest absolute Gasteiger partial charge is 0.296 e. The highest BCUT2D eigenvalue weighted by Gasteiger charge is 2.27. The lowest BCUT2D eigenvalue weighted by Gasteiger charge is -1.96. The zero-order chi connectivity index (χ0) is 11.5. The van der Waals surface area contributed by atoms with Crippen LogP contribution in [0.5, 0.6) is 0 Å². The Morgan fingerprint density at radius 2 is 2.12 bits per heavy atom. The average Bonchev–Trinajstić information content (AvgIpc) is 2.56. The molecule has 0 fully saturated rings. The van der Waals surface area contributed by atoms with E-state index in [2.05, 4.69) is 17.2 Å². The zero-order valence-corrected chi connectivity index (χ0v) is 8.54. The number of benzene rings is 1. The fraction of sp³-hybridized carbons (Fsp3) is 0.167. The number of nitrogens with one attached hydrogen (secondary N) is 1. The number of nitrogens with two attached hydrogens (primary N) is 1. The number of rotatable bonds is 1. The highest BCUT2D eigenvalue weighted by atomic mass is 16.2. The van der Waals surface area contributed by atoms with Crippen molar-refractivity contribution in [2.45, 2.75) is 6.42 Å². The minimum absolute atomic E-state index is 0.393. The van der Waals surface area contributed by atoms with E-state index in [0.29, 0.717) is 24.2 Å². The Hall–Kier alpha value is -2.12. The summed E-state index contributed by atoms with van der Waals surface area (Å²) in [5, 5.41) is 2.48. The first-order valence-corrected chi connectivity index (χ1v) is 4.91. The van der Waals surface area contributed by atoms with E-state index in [9.17, 15) is 9.59 Å². The maximum atomic E-state index is 11.4. The molecule has 0 saturated carbocycles. The minimum Gasteiger partial charge on any atom is -0.330 e. The third-order valence-corrected chi connectivity index (χ3v) is 2.22. The van der Waals surface area contributed by atoms with Gasteiger partial charge in [0.1, 0.15) is 0 Å². The Morgan fingerprint density at radius 3 is 2.88 bits per heavy atom. The van der Waals surface area contributed by atoms with Crippen molar-refractivity contribution in [3.8, 4) is 11.8 Å². The van der Waals surface area contributed by atoms with Gasteiger partial charge in [0.25, 0.3) is 11.7 Å². The Kier molecular flexibility index (Phi) is 2.71. The van der Waals surface area contributed by atoms with Crippen molar-refractivity contribution < 1.29 is 9.59 Å². The molecule has 16 heavy (non-hydrogen) atoms. The summed E-state index contributed by atoms with van der Waals surface area (Å²) in [5.74, 6) is 4.68. The predicted molar refractivity (Wildman–Crippen MR) is 60.0 cm³/mol. The van der Waals surface area contributed by atoms with Crippen molar-refractivity contribution in [2.75, 3.05) is 11.9 Å². The molecule has 1 amide bonds. The molecule has 0 radical (unpaired) electrons. The fourth-order valence-electron chi connectivity index (χ4n) is 1.46. The Morgan fingerprint density at radius 1 is 1.31 bits per heavy atom. The average molecular weight is 214 g/mol. The van der Waals surface area contributed by atoms with Crippen LogP contribution >= 0.6 is 0 Å². The molecule has 0 spiro atoms. The van der Waals surface area contributed by atoms with Crippen LogP contribution in [0.3, 0.4) is 0 Å². The molecule has 2 rings (SSSR count). The molecule has 1 aliphatic rings. The lowest BCUT2D eigenvalue weighted by molar-refractivity contribution is -0.112. The number of Topliss-reactive ketones (excluding diaryl/α,β-unsaturated/α-hetero) is 1. The summed E-state index contributed by atoms with van der Waals surface area (Å²) in [6, 6.07) is 5.07. The number of carbonyl (C=O) groups excluding carboxylic acids is 2. The predicted octanol–water partition coefficient (Wildman–Crippen LogP) is 0.522. The van der Waals surface area contributed by atoms with Crippen LogP contribution in [0.25, 0.3) is 0 Å². The summed E-state index contributed by atoms with van der Waals surface area (Å²) in [6.45, 7) is 0.511. The second kappa shape index (κ2) is 4.17. The monoisotopic (exact) mass is 214 g/mol. The van der Waals surface area contributed by atoms with Crippen molar-refractivity contribution in [1.29, 1.82) is 0 Å². The van der Waals surface area contributed by atoms with Gasteiger partial charge in [0, 0.05) is 18.5 Å². The van der Waals surface area contributed by atoms with Gasteiger partial charge < -0.3 is 11.1 Å². The summed E-state index contributed by atoms with van der Waals surface area (Å²) in [5.41, 5.74) is 6.98. The van der Waals surface area contributed by atoms with Crippen LogP contribution in [0.15, 0.2) is 18.2 Å². The van der Waals surface area contributed by atoms with Crippen LogP contribution < -0.4 is 11.1 Å². The standard InChI is InChI=1S/C12H10N2O2/c13-6-2-1-3-8-4-5-10-9(7-8)11(15)12(16)14-10/h4-5,7H,2,6,13H2,(H,14,15,16). The van der Waals surface area contributed by atoms with Gasteiger partial charge in [-0.15, -0.1) is 0 Å². The molecule has 80 valence electrons. The number of carbonyl (C=O) groups is 2. The number of ketones is 1. The maximum Gasteiger partial charge on any atom is 0.296 e. The molecule has 1 aromatic carbocycles. The topological polar surface area (TPSA) is 72.2 Å². The molecule has 0 atom stereocenters. The molecule has 0 saturated heterocycles. The molecule has 0 bridgehead atoms. The Balaban J connectivity index is 2.32. The van der Waals surface area contributed by atoms with E-state index in [-0.39, 0.29) is 0 Å². The first-order chi connectivity index (χ1) is 7.72. The van der Waals surface area contributed by atoms with Gasteiger partial charge in [-0.1, -0.05) is 11.8 Å². The van der Waals surface area contributed by atoms with Crippen LogP contribution in [0.4, 0.5) is 5.69 Å². The van der Waals surface area contributed by atoms with Crippen LogP contribution in [-0.4, -0.2) is 18.2 Å². The molecule has 0 aromatic heterocycles. The SMILES string of the molecule is NCCC#Cc1ccc2c(c1)C(=O)C(=O)N2. The summed E-state index contributed by atoms with van der Waals surface area (Å²) in [4.78, 5) is 22.5. The molecule has 1 aromatic rings. The van der Waals surface area contributed by atoms with Gasteiger partial charge in [0.15, 0.2) is 0 Å². The highest BCUT2D eigenvalue weighted by Crippen LogP contribution is 2.23. The van der Waals surface area contributed by atoms with Crippen molar-refractivity contribution in [1.82, 2.24) is 0 Å². The van der Waals surface area contributed by atoms with E-state index in [4.69, 9.17) is 5.73 Å². The van der Waals surface area contributed by atoms with Crippen molar-refractivity contribution >= 4 is 17.4 Å². The summed E-state index contributed by atoms with van der Waals surface area (Å²) >= 11 is 0. The third-order valence-electron chi connectivity index (χ3n) is 2.22. The molecule has 0 aliphatic carbocycles. The van der Waals surface area contributed by atoms with E-state index in [1.54, 1.807) is 18.2 Å². The van der Waals surface area contributed by atoms with E-state index in [1.807, 2.05) is 0 Å². The van der Waals surface area contributed by atoms with E-state index < -0.39 is 11.7 Å². The van der Waals surface area contributed by atoms with Crippen LogP contribution in [0.1, 0.15) is 22.3 Å². The summed E-state index contributed by atoms with van der Waals surface area (Å²) in [7, 11) is 0. The number of fused-ring (bicyclic) bond motifs is 1. The summed E-state index contributed by atoms with van der Waals surface area (Å²) < 4.78 is 0. The molecule has 4 nitrogen and oxygen atoms in total. The van der Waals surface area contributed by atoms with Crippen molar-refractivity contribution in [3.05, 3.63) is 29.3 Å². The molecule has 1 heterocycles. The van der Waals surface area contributed by atoms with Gasteiger partial charge in [-0.3, -0.25) is 9.59 Å². The van der Waals surface area contributed by atoms with Crippen LogP contribution in [0.2, 0.25) is 0 Å². The van der Waals surface area contributed by atoms with Crippen LogP contribution in [0, 0.1) is 11.8 Å². The van der Waals surface area contributed by atoms with Crippen LogP contribution in [-0.2, 0) is 4.79 Å². The number of hydrogen-bond donors (Lipinski definition) is 2. The van der Waals surface area contributed by atoms with E-state index in [1.165, 1.54) is 0 Å². The summed E-state index contributed by atoms with van der Waals surface area (Å²) in [6.07, 6.45) is 0.613. The van der Waals surface area contributed by atoms with E-state index in [0.717, 1.165) is 5.56 Å². The Bertz CT molecular complexity index is 524. The molecule has 1 aliphatic heterocycles. The normalized spacial score (nSPS) is 12.8. The largest absolute Gasteiger partial charge is 0.330 e. The molecule has 4 heteroatoms. The molecule has 3 N–H and O–H groups in total. The van der Waals surface area contributed by atoms with Crippen molar-refractivity contribution in [2.24, 2.45) is 5.73 Å². The quantitative estimate of drug-likeness (QED) is 0.529. The van der Waals surface area contributed by atoms with Gasteiger partial charge in [0.2, 0.25) is 0 Å². The number of hydrogen-bond acceptors (Lipinski definition) is 3. The zero-order valence-electron chi connectivity index (χ0n) is 8.54. The maximum absolute atomic E-state index is 11.4. The molecular formula is C12H10N2O2. The fourth-order valence-corrected chi connectivity index (χ4v) is 1.46. The van der Waals surface area contributed by atoms with Gasteiger partial charge in [-0.05, 0) is 18.2 Å². The van der Waals surface area contributed by atoms with E-state index >= 15 is 0 Å². The Labute approximate surface area is 92.8 Å². The van der Waals surface area contributed by atoms with Crippen molar-refractivity contribution in [3.63, 3.8) is 0 Å². The lowest BCUT2D eigenvalue weighted by atomic mass is 10.1. The number of anilines is 1. The van der Waals surface area contributed by atoms with Gasteiger partial charge in [-0.25, -0.2) is 0 Å². The van der Waals surface area contributed by atoms with Gasteiger partial charge in [-0.2, -0.15) is 0 Å². The molecule has 0 unspecified atom stereocenters. The third kappa shape index (κ3) is 1.81. The highest BCUT2D eigenvalue weighted by molar-refractivity contribution is 6.51. The van der Waals surface area contributed by atoms with Gasteiger partial charge >= 0.3 is 0 Å². The second-order valence-corrected chi connectivity index (χ2v) is 3.38. The first-order valence-electron chi connectivity index (χ1n) is 4.91. The number of amides is 1. The lowest BCUT2D eigenvalue weighted by Crippen LogP contribution is -2.12. The minimum atomic E-state index is -0.581. The molecular weight excluding hydrogens is 204 g/mol.